The fourth-order valence-corrected chi connectivity index (χ4v) is 9.07. The van der Waals surface area contributed by atoms with E-state index in [0.717, 1.165) is 63.7 Å². The van der Waals surface area contributed by atoms with Crippen molar-refractivity contribution in [1.29, 1.82) is 0 Å². The zero-order chi connectivity index (χ0) is 47.4. The van der Waals surface area contributed by atoms with Crippen molar-refractivity contribution in [3.63, 3.8) is 0 Å². The molecule has 2 atom stereocenters. The van der Waals surface area contributed by atoms with Gasteiger partial charge in [0, 0.05) is 19.3 Å². The van der Waals surface area contributed by atoms with Crippen LogP contribution >= 0.6 is 0 Å². The zero-order valence-corrected chi connectivity index (χ0v) is 44.5. The highest BCUT2D eigenvalue weighted by Gasteiger charge is 2.19. The lowest BCUT2D eigenvalue weighted by molar-refractivity contribution is -0.167. The van der Waals surface area contributed by atoms with E-state index >= 15 is 0 Å². The Morgan fingerprint density at radius 1 is 0.308 bits per heavy atom. The lowest BCUT2D eigenvalue weighted by Crippen LogP contribution is -2.30. The maximum Gasteiger partial charge on any atom is 0.306 e. The van der Waals surface area contributed by atoms with Gasteiger partial charge in [-0.2, -0.15) is 0 Å². The maximum absolute atomic E-state index is 12.8. The first-order chi connectivity index (χ1) is 31.9. The highest BCUT2D eigenvalue weighted by molar-refractivity contribution is 5.71. The third-order valence-electron chi connectivity index (χ3n) is 13.9. The summed E-state index contributed by atoms with van der Waals surface area (Å²) in [5, 5.41) is 0. The number of hydrogen-bond donors (Lipinski definition) is 0. The van der Waals surface area contributed by atoms with Crippen molar-refractivity contribution < 1.29 is 28.6 Å². The van der Waals surface area contributed by atoms with E-state index in [1.54, 1.807) is 0 Å². The highest BCUT2D eigenvalue weighted by atomic mass is 16.6. The maximum atomic E-state index is 12.8. The van der Waals surface area contributed by atoms with Crippen LogP contribution in [0.5, 0.6) is 0 Å². The van der Waals surface area contributed by atoms with Crippen molar-refractivity contribution in [3.8, 4) is 0 Å². The molecule has 0 radical (unpaired) electrons. The molecule has 6 nitrogen and oxygen atoms in total. The fraction of sp³-hybridized carbons (Fsp3) is 0.949. The fourth-order valence-electron chi connectivity index (χ4n) is 9.07. The molecule has 0 saturated carbocycles. The molecular weight excluding hydrogens is 805 g/mol. The topological polar surface area (TPSA) is 78.9 Å². The van der Waals surface area contributed by atoms with E-state index in [0.29, 0.717) is 19.3 Å². The van der Waals surface area contributed by atoms with Gasteiger partial charge in [-0.15, -0.1) is 0 Å². The predicted octanol–water partition coefficient (Wildman–Crippen LogP) is 19.4. The number of carbonyl (C=O) groups is 3. The van der Waals surface area contributed by atoms with Crippen LogP contribution in [0.15, 0.2) is 0 Å². The van der Waals surface area contributed by atoms with E-state index in [-0.39, 0.29) is 31.1 Å². The van der Waals surface area contributed by atoms with Gasteiger partial charge in [-0.1, -0.05) is 297 Å². The molecule has 0 bridgehead atoms. The first kappa shape index (κ1) is 63.4. The quantitative estimate of drug-likeness (QED) is 0.0344. The van der Waals surface area contributed by atoms with E-state index in [2.05, 4.69) is 27.7 Å². The van der Waals surface area contributed by atoms with Crippen LogP contribution in [0.3, 0.4) is 0 Å². The largest absolute Gasteiger partial charge is 0.462 e. The average molecular weight is 920 g/mol. The molecule has 0 fully saturated rings. The molecule has 1 unspecified atom stereocenters. The first-order valence-electron chi connectivity index (χ1n) is 29.4. The minimum atomic E-state index is -0.761. The highest BCUT2D eigenvalue weighted by Crippen LogP contribution is 2.18. The Morgan fingerprint density at radius 3 is 0.800 bits per heavy atom. The second-order valence-corrected chi connectivity index (χ2v) is 20.5. The van der Waals surface area contributed by atoms with E-state index in [4.69, 9.17) is 14.2 Å². The van der Waals surface area contributed by atoms with Crippen molar-refractivity contribution in [1.82, 2.24) is 0 Å². The minimum Gasteiger partial charge on any atom is -0.462 e. The average Bonchev–Trinajstić information content (AvgIpc) is 3.30. The normalized spacial score (nSPS) is 12.4. The van der Waals surface area contributed by atoms with E-state index < -0.39 is 6.10 Å². The molecule has 65 heavy (non-hydrogen) atoms. The summed E-state index contributed by atoms with van der Waals surface area (Å²) >= 11 is 0. The molecule has 0 spiro atoms. The second kappa shape index (κ2) is 53.4. The van der Waals surface area contributed by atoms with Gasteiger partial charge in [-0.3, -0.25) is 14.4 Å². The smallest absolute Gasteiger partial charge is 0.306 e. The Kier molecular flexibility index (Phi) is 52.1. The van der Waals surface area contributed by atoms with Gasteiger partial charge in [0.15, 0.2) is 6.10 Å². The van der Waals surface area contributed by atoms with E-state index in [1.807, 2.05) is 0 Å². The Bertz CT molecular complexity index is 982. The molecule has 0 aliphatic heterocycles. The third-order valence-corrected chi connectivity index (χ3v) is 13.9. The summed E-state index contributed by atoms with van der Waals surface area (Å²) in [6.07, 6.45) is 58.1. The first-order valence-corrected chi connectivity index (χ1v) is 29.4. The van der Waals surface area contributed by atoms with Gasteiger partial charge in [0.05, 0.1) is 0 Å². The number of carbonyl (C=O) groups excluding carboxylic acids is 3. The Morgan fingerprint density at radius 2 is 0.538 bits per heavy atom. The lowest BCUT2D eigenvalue weighted by atomic mass is 9.99. The molecule has 0 rings (SSSR count). The lowest BCUT2D eigenvalue weighted by Gasteiger charge is -2.18. The Balaban J connectivity index is 4.19. The molecule has 0 N–H and O–H groups in total. The second-order valence-electron chi connectivity index (χ2n) is 20.5. The van der Waals surface area contributed by atoms with Gasteiger partial charge in [0.1, 0.15) is 13.2 Å². The minimum absolute atomic E-state index is 0.0618. The van der Waals surface area contributed by atoms with Gasteiger partial charge < -0.3 is 14.2 Å². The molecule has 0 saturated heterocycles. The van der Waals surface area contributed by atoms with Crippen molar-refractivity contribution in [3.05, 3.63) is 0 Å². The van der Waals surface area contributed by atoms with Crippen LogP contribution in [0.2, 0.25) is 0 Å². The van der Waals surface area contributed by atoms with Crippen molar-refractivity contribution >= 4 is 17.9 Å². The van der Waals surface area contributed by atoms with Crippen LogP contribution in [-0.2, 0) is 28.6 Å². The van der Waals surface area contributed by atoms with Gasteiger partial charge in [0.25, 0.3) is 0 Å². The summed E-state index contributed by atoms with van der Waals surface area (Å²) in [6.45, 7) is 9.10. The van der Waals surface area contributed by atoms with Crippen LogP contribution in [-0.4, -0.2) is 37.2 Å². The monoisotopic (exact) mass is 919 g/mol. The molecule has 0 aromatic heterocycles. The summed E-state index contributed by atoms with van der Waals surface area (Å²) in [5.41, 5.74) is 0. The van der Waals surface area contributed by atoms with Gasteiger partial charge in [-0.25, -0.2) is 0 Å². The summed E-state index contributed by atoms with van der Waals surface area (Å²) in [4.78, 5) is 38.1. The summed E-state index contributed by atoms with van der Waals surface area (Å²) in [5.74, 6) is 0.0734. The molecule has 0 aromatic carbocycles. The van der Waals surface area contributed by atoms with Crippen LogP contribution in [0.25, 0.3) is 0 Å². The molecule has 386 valence electrons. The molecule has 0 heterocycles. The van der Waals surface area contributed by atoms with Crippen molar-refractivity contribution in [2.45, 2.75) is 342 Å². The number of hydrogen-bond acceptors (Lipinski definition) is 6. The molecule has 6 heteroatoms. The van der Waals surface area contributed by atoms with Crippen LogP contribution in [0.1, 0.15) is 336 Å². The van der Waals surface area contributed by atoms with Crippen molar-refractivity contribution in [2.75, 3.05) is 13.2 Å². The predicted molar refractivity (Wildman–Crippen MR) is 280 cm³/mol. The summed E-state index contributed by atoms with van der Waals surface area (Å²) in [6, 6.07) is 0. The standard InChI is InChI=1S/C59H114O6/c1-5-8-10-12-14-16-18-19-24-29-32-36-40-44-48-52-59(62)65-56(53-63-57(60)50-46-42-38-34-17-15-13-11-9-6-2)54-64-58(61)51-47-43-39-35-31-28-26-23-21-20-22-25-27-30-33-37-41-45-49-55(4)7-3/h55-56H,5-54H2,1-4H3/t55?,56-/m0/s1. The zero-order valence-electron chi connectivity index (χ0n) is 44.5. The summed E-state index contributed by atoms with van der Waals surface area (Å²) in [7, 11) is 0. The molecular formula is C59H114O6. The van der Waals surface area contributed by atoms with Crippen LogP contribution in [0.4, 0.5) is 0 Å². The van der Waals surface area contributed by atoms with Crippen LogP contribution < -0.4 is 0 Å². The Hall–Kier alpha value is -1.59. The molecule has 0 aliphatic carbocycles. The molecule has 0 aromatic rings. The molecule has 0 aliphatic rings. The Labute approximate surface area is 406 Å². The molecule has 0 amide bonds. The van der Waals surface area contributed by atoms with Gasteiger partial charge in [0.2, 0.25) is 0 Å². The number of unbranched alkanes of at least 4 members (excludes halogenated alkanes) is 40. The number of esters is 3. The van der Waals surface area contributed by atoms with Gasteiger partial charge in [-0.05, 0) is 25.2 Å². The van der Waals surface area contributed by atoms with Crippen LogP contribution in [0, 0.1) is 5.92 Å². The van der Waals surface area contributed by atoms with E-state index in [9.17, 15) is 14.4 Å². The van der Waals surface area contributed by atoms with Crippen molar-refractivity contribution in [2.24, 2.45) is 5.92 Å². The number of ether oxygens (including phenoxy) is 3. The SMILES string of the molecule is CCCCCCCCCCCCCCCCCC(=O)O[C@@H](COC(=O)CCCCCCCCCCCC)COC(=O)CCCCCCCCCCCCCCCCCCCCC(C)CC. The number of rotatable bonds is 54. The van der Waals surface area contributed by atoms with E-state index in [1.165, 1.54) is 231 Å². The third kappa shape index (κ3) is 51.6. The summed E-state index contributed by atoms with van der Waals surface area (Å²) < 4.78 is 16.9. The van der Waals surface area contributed by atoms with Gasteiger partial charge >= 0.3 is 17.9 Å².